The Morgan fingerprint density at radius 2 is 1.86 bits per heavy atom. The average Bonchev–Trinajstić information content (AvgIpc) is 3.21. The van der Waals surface area contributed by atoms with Gasteiger partial charge in [-0.3, -0.25) is 0 Å². The standard InChI is InChI=1S/C25H31NO2/c1-2-3-4-5-6-16-28-20-14-15-24-23(17-20)21-8-7-9-22(21)25(26-24)18-10-12-19(27)13-11-18/h7-8,10-15,17,21-22,25-27H,2-6,9,16H2,1H3. The van der Waals surface area contributed by atoms with E-state index in [0.717, 1.165) is 25.2 Å². The van der Waals surface area contributed by atoms with Crippen molar-refractivity contribution in [1.82, 2.24) is 0 Å². The Bertz CT molecular complexity index is 812. The lowest BCUT2D eigenvalue weighted by molar-refractivity contribution is 0.303. The molecule has 0 radical (unpaired) electrons. The Hall–Kier alpha value is -2.42. The first-order valence-corrected chi connectivity index (χ1v) is 10.7. The number of rotatable bonds is 8. The molecule has 1 aliphatic carbocycles. The lowest BCUT2D eigenvalue weighted by atomic mass is 9.77. The lowest BCUT2D eigenvalue weighted by Crippen LogP contribution is -2.29. The molecule has 3 nitrogen and oxygen atoms in total. The summed E-state index contributed by atoms with van der Waals surface area (Å²) in [7, 11) is 0. The molecule has 3 atom stereocenters. The van der Waals surface area contributed by atoms with Gasteiger partial charge in [-0.05, 0) is 60.2 Å². The minimum Gasteiger partial charge on any atom is -0.508 e. The SMILES string of the molecule is CCCCCCCOc1ccc2c(c1)C1C=CCC1C(c1ccc(O)cc1)N2. The van der Waals surface area contributed by atoms with E-state index in [1.54, 1.807) is 12.1 Å². The molecule has 28 heavy (non-hydrogen) atoms. The van der Waals surface area contributed by atoms with E-state index in [4.69, 9.17) is 4.74 Å². The molecule has 2 aliphatic rings. The lowest BCUT2D eigenvalue weighted by Gasteiger charge is -2.37. The summed E-state index contributed by atoms with van der Waals surface area (Å²) in [6.07, 6.45) is 12.0. The van der Waals surface area contributed by atoms with Crippen LogP contribution in [0.3, 0.4) is 0 Å². The molecule has 1 heterocycles. The molecular formula is C25H31NO2. The van der Waals surface area contributed by atoms with Crippen molar-refractivity contribution in [3.05, 3.63) is 65.7 Å². The van der Waals surface area contributed by atoms with E-state index in [1.165, 1.54) is 42.5 Å². The van der Waals surface area contributed by atoms with Crippen molar-refractivity contribution in [2.24, 2.45) is 5.92 Å². The van der Waals surface area contributed by atoms with E-state index in [9.17, 15) is 5.11 Å². The molecule has 0 amide bonds. The number of anilines is 1. The van der Waals surface area contributed by atoms with Gasteiger partial charge in [-0.1, -0.05) is 56.9 Å². The van der Waals surface area contributed by atoms with Crippen molar-refractivity contribution < 1.29 is 9.84 Å². The number of hydrogen-bond acceptors (Lipinski definition) is 3. The number of benzene rings is 2. The second kappa shape index (κ2) is 8.72. The van der Waals surface area contributed by atoms with Crippen LogP contribution in [0.4, 0.5) is 5.69 Å². The fourth-order valence-electron chi connectivity index (χ4n) is 4.57. The Morgan fingerprint density at radius 1 is 1.04 bits per heavy atom. The summed E-state index contributed by atoms with van der Waals surface area (Å²) in [4.78, 5) is 0. The van der Waals surface area contributed by atoms with Gasteiger partial charge < -0.3 is 15.2 Å². The molecule has 2 aromatic carbocycles. The number of unbranched alkanes of at least 4 members (excludes halogenated alkanes) is 4. The fourth-order valence-corrected chi connectivity index (χ4v) is 4.57. The van der Waals surface area contributed by atoms with E-state index in [0.29, 0.717) is 17.6 Å². The third-order valence-corrected chi connectivity index (χ3v) is 6.10. The topological polar surface area (TPSA) is 41.5 Å². The molecule has 3 heteroatoms. The van der Waals surface area contributed by atoms with Crippen LogP contribution in [0.5, 0.6) is 11.5 Å². The molecule has 0 bridgehead atoms. The predicted octanol–water partition coefficient (Wildman–Crippen LogP) is 6.57. The van der Waals surface area contributed by atoms with Crippen LogP contribution in [0.2, 0.25) is 0 Å². The summed E-state index contributed by atoms with van der Waals surface area (Å²) in [6.45, 7) is 3.05. The van der Waals surface area contributed by atoms with Crippen LogP contribution in [0, 0.1) is 5.92 Å². The number of phenols is 1. The number of fused-ring (bicyclic) bond motifs is 3. The highest BCUT2D eigenvalue weighted by molar-refractivity contribution is 5.61. The van der Waals surface area contributed by atoms with Gasteiger partial charge in [0.05, 0.1) is 12.6 Å². The molecule has 0 fully saturated rings. The highest BCUT2D eigenvalue weighted by Gasteiger charge is 2.38. The molecule has 0 spiro atoms. The van der Waals surface area contributed by atoms with Crippen LogP contribution in [0.25, 0.3) is 0 Å². The second-order valence-corrected chi connectivity index (χ2v) is 8.08. The van der Waals surface area contributed by atoms with Gasteiger partial charge in [-0.15, -0.1) is 0 Å². The van der Waals surface area contributed by atoms with Crippen LogP contribution < -0.4 is 10.1 Å². The van der Waals surface area contributed by atoms with Gasteiger partial charge in [0.1, 0.15) is 11.5 Å². The number of hydrogen-bond donors (Lipinski definition) is 2. The van der Waals surface area contributed by atoms with Gasteiger partial charge in [0.25, 0.3) is 0 Å². The van der Waals surface area contributed by atoms with Crippen LogP contribution in [-0.2, 0) is 0 Å². The van der Waals surface area contributed by atoms with Crippen LogP contribution in [-0.4, -0.2) is 11.7 Å². The summed E-state index contributed by atoms with van der Waals surface area (Å²) in [6, 6.07) is 14.4. The summed E-state index contributed by atoms with van der Waals surface area (Å²) in [5.41, 5.74) is 3.77. The highest BCUT2D eigenvalue weighted by Crippen LogP contribution is 2.50. The zero-order valence-corrected chi connectivity index (χ0v) is 16.7. The summed E-state index contributed by atoms with van der Waals surface area (Å²) < 4.78 is 6.05. The molecule has 2 N–H and O–H groups in total. The zero-order chi connectivity index (χ0) is 19.3. The van der Waals surface area contributed by atoms with Gasteiger partial charge in [0.2, 0.25) is 0 Å². The third kappa shape index (κ3) is 4.04. The van der Waals surface area contributed by atoms with E-state index in [1.807, 2.05) is 12.1 Å². The normalized spacial score (nSPS) is 22.4. The van der Waals surface area contributed by atoms with Crippen molar-refractivity contribution in [3.8, 4) is 11.5 Å². The van der Waals surface area contributed by atoms with Crippen molar-refractivity contribution in [3.63, 3.8) is 0 Å². The Kier molecular flexibility index (Phi) is 5.90. The Labute approximate surface area is 168 Å². The van der Waals surface area contributed by atoms with E-state index < -0.39 is 0 Å². The number of aromatic hydroxyl groups is 1. The minimum atomic E-state index is 0.262. The molecule has 0 aromatic heterocycles. The predicted molar refractivity (Wildman–Crippen MR) is 115 cm³/mol. The molecule has 1 aliphatic heterocycles. The maximum atomic E-state index is 9.62. The second-order valence-electron chi connectivity index (χ2n) is 8.08. The Morgan fingerprint density at radius 3 is 2.68 bits per heavy atom. The Balaban J connectivity index is 1.46. The first kappa shape index (κ1) is 18.9. The summed E-state index contributed by atoms with van der Waals surface area (Å²) in [5.74, 6) is 2.22. The number of nitrogens with one attached hydrogen (secondary N) is 1. The smallest absolute Gasteiger partial charge is 0.119 e. The van der Waals surface area contributed by atoms with Crippen molar-refractivity contribution in [2.75, 3.05) is 11.9 Å². The zero-order valence-electron chi connectivity index (χ0n) is 16.7. The molecule has 148 valence electrons. The molecule has 0 saturated heterocycles. The van der Waals surface area contributed by atoms with Crippen LogP contribution in [0.1, 0.15) is 68.5 Å². The number of allylic oxidation sites excluding steroid dienone is 2. The largest absolute Gasteiger partial charge is 0.508 e. The molecule has 0 saturated carbocycles. The van der Waals surface area contributed by atoms with Crippen molar-refractivity contribution >= 4 is 5.69 Å². The first-order valence-electron chi connectivity index (χ1n) is 10.7. The molecular weight excluding hydrogens is 346 g/mol. The minimum absolute atomic E-state index is 0.262. The number of ether oxygens (including phenoxy) is 1. The molecule has 3 unspecified atom stereocenters. The van der Waals surface area contributed by atoms with E-state index in [-0.39, 0.29) is 6.04 Å². The van der Waals surface area contributed by atoms with Gasteiger partial charge >= 0.3 is 0 Å². The maximum Gasteiger partial charge on any atom is 0.119 e. The van der Waals surface area contributed by atoms with Gasteiger partial charge in [-0.25, -0.2) is 0 Å². The quantitative estimate of drug-likeness (QED) is 0.404. The molecule has 4 rings (SSSR count). The van der Waals surface area contributed by atoms with Crippen LogP contribution in [0.15, 0.2) is 54.6 Å². The summed E-state index contributed by atoms with van der Waals surface area (Å²) >= 11 is 0. The summed E-state index contributed by atoms with van der Waals surface area (Å²) in [5, 5.41) is 13.4. The average molecular weight is 378 g/mol. The number of phenolic OH excluding ortho intramolecular Hbond substituents is 1. The fraction of sp³-hybridized carbons (Fsp3) is 0.440. The molecule has 2 aromatic rings. The van der Waals surface area contributed by atoms with Gasteiger partial charge in [0, 0.05) is 11.6 Å². The van der Waals surface area contributed by atoms with Crippen molar-refractivity contribution in [1.29, 1.82) is 0 Å². The van der Waals surface area contributed by atoms with Gasteiger partial charge in [0.15, 0.2) is 0 Å². The third-order valence-electron chi connectivity index (χ3n) is 6.10. The van der Waals surface area contributed by atoms with E-state index in [2.05, 4.69) is 42.6 Å². The van der Waals surface area contributed by atoms with E-state index >= 15 is 0 Å². The first-order chi connectivity index (χ1) is 13.8. The maximum absolute atomic E-state index is 9.62. The van der Waals surface area contributed by atoms with Crippen molar-refractivity contribution in [2.45, 2.75) is 57.4 Å². The van der Waals surface area contributed by atoms with Gasteiger partial charge in [-0.2, -0.15) is 0 Å². The monoisotopic (exact) mass is 377 g/mol. The highest BCUT2D eigenvalue weighted by atomic mass is 16.5. The van der Waals surface area contributed by atoms with Crippen LogP contribution >= 0.6 is 0 Å².